The standard InChI is InChI=1S/C16H26N2O2/c1-18(9-14-5-8-19-10-14)12-16(6-2-7-20-13-16)11-17-15-3-4-15/h5,8,10,15,17H,2-4,6-7,9,11-13H2,1H3. The topological polar surface area (TPSA) is 37.6 Å². The van der Waals surface area contributed by atoms with Crippen molar-refractivity contribution < 1.29 is 9.15 Å². The predicted molar refractivity (Wildman–Crippen MR) is 78.6 cm³/mol. The fourth-order valence-electron chi connectivity index (χ4n) is 3.20. The molecule has 2 aliphatic rings. The van der Waals surface area contributed by atoms with Crippen LogP contribution in [0.15, 0.2) is 23.0 Å². The highest BCUT2D eigenvalue weighted by molar-refractivity contribution is 5.05. The van der Waals surface area contributed by atoms with Crippen molar-refractivity contribution in [3.63, 3.8) is 0 Å². The van der Waals surface area contributed by atoms with Gasteiger partial charge in [0, 0.05) is 43.3 Å². The van der Waals surface area contributed by atoms with Gasteiger partial charge in [0.2, 0.25) is 0 Å². The zero-order chi connectivity index (χ0) is 13.8. The summed E-state index contributed by atoms with van der Waals surface area (Å²) in [5, 5.41) is 3.71. The third-order valence-corrected chi connectivity index (χ3v) is 4.39. The van der Waals surface area contributed by atoms with Crippen molar-refractivity contribution in [3.8, 4) is 0 Å². The van der Waals surface area contributed by atoms with Crippen molar-refractivity contribution in [1.82, 2.24) is 10.2 Å². The van der Waals surface area contributed by atoms with Crippen molar-refractivity contribution in [1.29, 1.82) is 0 Å². The van der Waals surface area contributed by atoms with E-state index >= 15 is 0 Å². The average molecular weight is 278 g/mol. The van der Waals surface area contributed by atoms with Crippen LogP contribution in [-0.2, 0) is 11.3 Å². The molecule has 20 heavy (non-hydrogen) atoms. The summed E-state index contributed by atoms with van der Waals surface area (Å²) in [5.74, 6) is 0. The highest BCUT2D eigenvalue weighted by Crippen LogP contribution is 2.31. The monoisotopic (exact) mass is 278 g/mol. The minimum Gasteiger partial charge on any atom is -0.472 e. The molecular weight excluding hydrogens is 252 g/mol. The quantitative estimate of drug-likeness (QED) is 0.830. The second kappa shape index (κ2) is 6.29. The Morgan fingerprint density at radius 2 is 2.35 bits per heavy atom. The molecule has 2 heterocycles. The predicted octanol–water partition coefficient (Wildman–Crippen LogP) is 2.26. The first-order valence-electron chi connectivity index (χ1n) is 7.77. The molecular formula is C16H26N2O2. The molecule has 1 aliphatic carbocycles. The lowest BCUT2D eigenvalue weighted by atomic mass is 9.81. The van der Waals surface area contributed by atoms with Gasteiger partial charge in [-0.25, -0.2) is 0 Å². The van der Waals surface area contributed by atoms with E-state index in [1.54, 1.807) is 6.26 Å². The molecule has 2 fully saturated rings. The van der Waals surface area contributed by atoms with Gasteiger partial charge in [0.25, 0.3) is 0 Å². The van der Waals surface area contributed by atoms with E-state index < -0.39 is 0 Å². The van der Waals surface area contributed by atoms with Gasteiger partial charge in [0.1, 0.15) is 0 Å². The Hall–Kier alpha value is -0.840. The van der Waals surface area contributed by atoms with Crippen LogP contribution in [0.1, 0.15) is 31.2 Å². The summed E-state index contributed by atoms with van der Waals surface area (Å²) in [6.07, 6.45) is 8.73. The normalized spacial score (nSPS) is 27.1. The van der Waals surface area contributed by atoms with Crippen molar-refractivity contribution in [3.05, 3.63) is 24.2 Å². The number of nitrogens with one attached hydrogen (secondary N) is 1. The number of hydrogen-bond acceptors (Lipinski definition) is 4. The molecule has 1 aromatic heterocycles. The smallest absolute Gasteiger partial charge is 0.0947 e. The van der Waals surface area contributed by atoms with Crippen molar-refractivity contribution in [2.24, 2.45) is 5.41 Å². The second-order valence-electron chi connectivity index (χ2n) is 6.62. The third kappa shape index (κ3) is 3.84. The van der Waals surface area contributed by atoms with Crippen LogP contribution in [0.25, 0.3) is 0 Å². The van der Waals surface area contributed by atoms with Gasteiger partial charge in [-0.15, -0.1) is 0 Å². The summed E-state index contributed by atoms with van der Waals surface area (Å²) in [7, 11) is 2.19. The number of hydrogen-bond donors (Lipinski definition) is 1. The lowest BCUT2D eigenvalue weighted by molar-refractivity contribution is -0.0239. The first-order chi connectivity index (χ1) is 9.76. The molecule has 0 bridgehead atoms. The van der Waals surface area contributed by atoms with Crippen LogP contribution in [0, 0.1) is 5.41 Å². The summed E-state index contributed by atoms with van der Waals surface area (Å²) >= 11 is 0. The molecule has 1 saturated heterocycles. The van der Waals surface area contributed by atoms with Gasteiger partial charge >= 0.3 is 0 Å². The van der Waals surface area contributed by atoms with Gasteiger partial charge in [-0.2, -0.15) is 0 Å². The number of furan rings is 1. The highest BCUT2D eigenvalue weighted by Gasteiger charge is 2.35. The number of ether oxygens (including phenoxy) is 1. The maximum absolute atomic E-state index is 5.79. The summed E-state index contributed by atoms with van der Waals surface area (Å²) in [4.78, 5) is 2.40. The molecule has 4 nitrogen and oxygen atoms in total. The molecule has 1 N–H and O–H groups in total. The Labute approximate surface area is 121 Å². The first kappa shape index (κ1) is 14.1. The van der Waals surface area contributed by atoms with Crippen LogP contribution in [-0.4, -0.2) is 44.3 Å². The van der Waals surface area contributed by atoms with Crippen molar-refractivity contribution in [2.75, 3.05) is 33.4 Å². The van der Waals surface area contributed by atoms with Crippen LogP contribution in [0.2, 0.25) is 0 Å². The third-order valence-electron chi connectivity index (χ3n) is 4.39. The lowest BCUT2D eigenvalue weighted by Crippen LogP contribution is -2.48. The largest absolute Gasteiger partial charge is 0.472 e. The number of nitrogens with zero attached hydrogens (tertiary/aromatic N) is 1. The summed E-state index contributed by atoms with van der Waals surface area (Å²) < 4.78 is 10.9. The molecule has 1 aromatic rings. The van der Waals surface area contributed by atoms with E-state index in [0.29, 0.717) is 0 Å². The van der Waals surface area contributed by atoms with Crippen LogP contribution in [0.3, 0.4) is 0 Å². The minimum absolute atomic E-state index is 0.277. The van der Waals surface area contributed by atoms with Gasteiger partial charge in [-0.05, 0) is 38.8 Å². The minimum atomic E-state index is 0.277. The fraction of sp³-hybridized carbons (Fsp3) is 0.750. The lowest BCUT2D eigenvalue weighted by Gasteiger charge is -2.40. The van der Waals surface area contributed by atoms with E-state index in [0.717, 1.165) is 38.9 Å². The fourth-order valence-corrected chi connectivity index (χ4v) is 3.20. The van der Waals surface area contributed by atoms with Crippen molar-refractivity contribution >= 4 is 0 Å². The molecule has 0 spiro atoms. The molecule has 4 heteroatoms. The summed E-state index contributed by atoms with van der Waals surface area (Å²) in [6, 6.07) is 2.82. The average Bonchev–Trinajstić information content (AvgIpc) is 3.15. The van der Waals surface area contributed by atoms with Gasteiger partial charge < -0.3 is 19.4 Å². The van der Waals surface area contributed by atoms with Crippen LogP contribution >= 0.6 is 0 Å². The van der Waals surface area contributed by atoms with Gasteiger partial charge in [0.05, 0.1) is 19.1 Å². The van der Waals surface area contributed by atoms with Gasteiger partial charge in [-0.3, -0.25) is 0 Å². The zero-order valence-corrected chi connectivity index (χ0v) is 12.4. The molecule has 1 saturated carbocycles. The molecule has 1 unspecified atom stereocenters. The molecule has 1 atom stereocenters. The Kier molecular flexibility index (Phi) is 4.44. The molecule has 0 aromatic carbocycles. The van der Waals surface area contributed by atoms with E-state index in [1.807, 2.05) is 12.3 Å². The van der Waals surface area contributed by atoms with Crippen LogP contribution in [0.5, 0.6) is 0 Å². The van der Waals surface area contributed by atoms with Crippen LogP contribution in [0.4, 0.5) is 0 Å². The molecule has 112 valence electrons. The van der Waals surface area contributed by atoms with E-state index in [9.17, 15) is 0 Å². The SMILES string of the molecule is CN(Cc1ccoc1)CC1(CNC2CC2)CCCOC1. The summed E-state index contributed by atoms with van der Waals surface area (Å²) in [6.45, 7) is 4.94. The zero-order valence-electron chi connectivity index (χ0n) is 12.4. The van der Waals surface area contributed by atoms with E-state index in [4.69, 9.17) is 9.15 Å². The maximum atomic E-state index is 5.79. The Morgan fingerprint density at radius 3 is 3.00 bits per heavy atom. The van der Waals surface area contributed by atoms with Crippen LogP contribution < -0.4 is 5.32 Å². The molecule has 0 radical (unpaired) electrons. The Morgan fingerprint density at radius 1 is 1.45 bits per heavy atom. The first-order valence-corrected chi connectivity index (χ1v) is 7.77. The highest BCUT2D eigenvalue weighted by atomic mass is 16.5. The molecule has 0 amide bonds. The Balaban J connectivity index is 1.56. The van der Waals surface area contributed by atoms with E-state index in [1.165, 1.54) is 31.2 Å². The maximum Gasteiger partial charge on any atom is 0.0947 e. The van der Waals surface area contributed by atoms with E-state index in [2.05, 4.69) is 17.3 Å². The Bertz CT molecular complexity index is 395. The second-order valence-corrected chi connectivity index (χ2v) is 6.62. The molecule has 1 aliphatic heterocycles. The summed E-state index contributed by atoms with van der Waals surface area (Å²) in [5.41, 5.74) is 1.52. The van der Waals surface area contributed by atoms with Gasteiger partial charge in [0.15, 0.2) is 0 Å². The van der Waals surface area contributed by atoms with E-state index in [-0.39, 0.29) is 5.41 Å². The van der Waals surface area contributed by atoms with Crippen molar-refractivity contribution in [2.45, 2.75) is 38.3 Å². The molecule has 3 rings (SSSR count). The number of rotatable bonds is 7. The van der Waals surface area contributed by atoms with Gasteiger partial charge in [-0.1, -0.05) is 0 Å².